The van der Waals surface area contributed by atoms with Gasteiger partial charge in [0.15, 0.2) is 0 Å². The Hall–Kier alpha value is -2.80. The minimum absolute atomic E-state index is 0.196. The van der Waals surface area contributed by atoms with Crippen LogP contribution in [0.4, 0.5) is 5.69 Å². The Bertz CT molecular complexity index is 1160. The van der Waals surface area contributed by atoms with E-state index >= 15 is 0 Å². The van der Waals surface area contributed by atoms with Gasteiger partial charge in [0.2, 0.25) is 5.91 Å². The number of hydrogen-bond donors (Lipinski definition) is 1. The zero-order chi connectivity index (χ0) is 22.8. The van der Waals surface area contributed by atoms with Crippen LogP contribution in [0, 0.1) is 12.8 Å². The van der Waals surface area contributed by atoms with E-state index in [0.717, 1.165) is 66.1 Å². The lowest BCUT2D eigenvalue weighted by molar-refractivity contribution is -0.137. The standard InChI is InChI=1S/C26H30N4O2S/c1-17-15-22(20-9-5-6-10-21(20)27-17)28-24(31)23-16-33-25(29-23)18-11-13-30(14-12-18)26(32)19-7-3-2-4-8-19/h5-6,9-10,15-16,18-19H,2-4,7-8,11-14H2,1H3,(H,27,28,31). The van der Waals surface area contributed by atoms with Crippen LogP contribution in [0.5, 0.6) is 0 Å². The number of piperidine rings is 1. The van der Waals surface area contributed by atoms with E-state index in [2.05, 4.69) is 20.2 Å². The van der Waals surface area contributed by atoms with Crippen LogP contribution in [0.25, 0.3) is 10.9 Å². The van der Waals surface area contributed by atoms with Gasteiger partial charge in [-0.05, 0) is 44.7 Å². The van der Waals surface area contributed by atoms with Gasteiger partial charge < -0.3 is 10.2 Å². The SMILES string of the molecule is Cc1cc(NC(=O)c2csc(C3CCN(C(=O)C4CCCCC4)CC3)n2)c2ccccc2n1. The molecule has 0 atom stereocenters. The molecule has 6 nitrogen and oxygen atoms in total. The Balaban J connectivity index is 1.22. The molecule has 1 saturated heterocycles. The van der Waals surface area contributed by atoms with Gasteiger partial charge in [-0.1, -0.05) is 37.5 Å². The van der Waals surface area contributed by atoms with E-state index in [4.69, 9.17) is 0 Å². The molecule has 2 aromatic heterocycles. The summed E-state index contributed by atoms with van der Waals surface area (Å²) < 4.78 is 0. The largest absolute Gasteiger partial charge is 0.342 e. The van der Waals surface area contributed by atoms with Crippen LogP contribution >= 0.6 is 11.3 Å². The fraction of sp³-hybridized carbons (Fsp3) is 0.462. The number of aryl methyl sites for hydroxylation is 1. The maximum atomic E-state index is 12.9. The van der Waals surface area contributed by atoms with Crippen molar-refractivity contribution in [1.82, 2.24) is 14.9 Å². The first-order valence-corrected chi connectivity index (χ1v) is 12.9. The number of fused-ring (bicyclic) bond motifs is 1. The summed E-state index contributed by atoms with van der Waals surface area (Å²) in [6.45, 7) is 3.52. The predicted octanol–water partition coefficient (Wildman–Crippen LogP) is 5.54. The third kappa shape index (κ3) is 4.78. The lowest BCUT2D eigenvalue weighted by atomic mass is 9.87. The van der Waals surface area contributed by atoms with E-state index in [0.29, 0.717) is 17.5 Å². The fourth-order valence-corrected chi connectivity index (χ4v) is 6.10. The number of para-hydroxylation sites is 1. The van der Waals surface area contributed by atoms with Crippen molar-refractivity contribution in [1.29, 1.82) is 0 Å². The average Bonchev–Trinajstić information content (AvgIpc) is 3.35. The highest BCUT2D eigenvalue weighted by Gasteiger charge is 2.30. The normalized spacial score (nSPS) is 17.9. The molecule has 1 N–H and O–H groups in total. The summed E-state index contributed by atoms with van der Waals surface area (Å²) in [4.78, 5) is 37.1. The summed E-state index contributed by atoms with van der Waals surface area (Å²) in [7, 11) is 0. The van der Waals surface area contributed by atoms with Crippen molar-refractivity contribution in [2.24, 2.45) is 5.92 Å². The molecule has 7 heteroatoms. The monoisotopic (exact) mass is 462 g/mol. The van der Waals surface area contributed by atoms with E-state index in [1.54, 1.807) is 11.3 Å². The van der Waals surface area contributed by atoms with Crippen molar-refractivity contribution < 1.29 is 9.59 Å². The summed E-state index contributed by atoms with van der Waals surface area (Å²) in [5.41, 5.74) is 2.93. The highest BCUT2D eigenvalue weighted by molar-refractivity contribution is 7.10. The van der Waals surface area contributed by atoms with Crippen molar-refractivity contribution in [3.63, 3.8) is 0 Å². The van der Waals surface area contributed by atoms with E-state index in [1.807, 2.05) is 42.6 Å². The number of aromatic nitrogens is 2. The predicted molar refractivity (Wildman–Crippen MR) is 132 cm³/mol. The molecule has 1 aliphatic carbocycles. The molecule has 1 aromatic carbocycles. The van der Waals surface area contributed by atoms with Crippen molar-refractivity contribution in [2.75, 3.05) is 18.4 Å². The number of amides is 2. The molecule has 1 saturated carbocycles. The number of pyridine rings is 1. The minimum Gasteiger partial charge on any atom is -0.342 e. The second kappa shape index (κ2) is 9.59. The van der Waals surface area contributed by atoms with E-state index < -0.39 is 0 Å². The lowest BCUT2D eigenvalue weighted by Gasteiger charge is -2.34. The van der Waals surface area contributed by atoms with Gasteiger partial charge >= 0.3 is 0 Å². The van der Waals surface area contributed by atoms with Crippen LogP contribution in [-0.4, -0.2) is 39.8 Å². The Labute approximate surface area is 198 Å². The summed E-state index contributed by atoms with van der Waals surface area (Å²) in [5, 5.41) is 6.80. The Morgan fingerprint density at radius 3 is 2.58 bits per heavy atom. The van der Waals surface area contributed by atoms with Crippen LogP contribution < -0.4 is 5.32 Å². The summed E-state index contributed by atoms with van der Waals surface area (Å²) in [5.74, 6) is 0.708. The van der Waals surface area contributed by atoms with Crippen molar-refractivity contribution in [3.8, 4) is 0 Å². The van der Waals surface area contributed by atoms with Crippen LogP contribution in [0.1, 0.15) is 72.1 Å². The number of hydrogen-bond acceptors (Lipinski definition) is 5. The van der Waals surface area contributed by atoms with Gasteiger partial charge in [-0.2, -0.15) is 0 Å². The lowest BCUT2D eigenvalue weighted by Crippen LogP contribution is -2.41. The minimum atomic E-state index is -0.196. The first-order valence-electron chi connectivity index (χ1n) is 12.0. The summed E-state index contributed by atoms with van der Waals surface area (Å²) in [6.07, 6.45) is 7.58. The number of benzene rings is 1. The smallest absolute Gasteiger partial charge is 0.275 e. The molecule has 1 aliphatic heterocycles. The van der Waals surface area contributed by atoms with Crippen LogP contribution in [-0.2, 0) is 4.79 Å². The molecule has 2 fully saturated rings. The van der Waals surface area contributed by atoms with Gasteiger partial charge in [-0.3, -0.25) is 14.6 Å². The number of carbonyl (C=O) groups excluding carboxylic acids is 2. The third-order valence-corrected chi connectivity index (χ3v) is 7.96. The van der Waals surface area contributed by atoms with Crippen molar-refractivity contribution in [2.45, 2.75) is 57.8 Å². The number of thiazole rings is 1. The molecule has 2 amide bonds. The third-order valence-electron chi connectivity index (χ3n) is 6.96. The van der Waals surface area contributed by atoms with Gasteiger partial charge in [0, 0.05) is 41.4 Å². The van der Waals surface area contributed by atoms with Gasteiger partial charge in [-0.15, -0.1) is 11.3 Å². The van der Waals surface area contributed by atoms with Crippen LogP contribution in [0.3, 0.4) is 0 Å². The molecular weight excluding hydrogens is 432 g/mol. The molecular formula is C26H30N4O2S. The van der Waals surface area contributed by atoms with Gasteiger partial charge in [0.05, 0.1) is 16.2 Å². The first-order chi connectivity index (χ1) is 16.1. The summed E-state index contributed by atoms with van der Waals surface area (Å²) >= 11 is 1.55. The van der Waals surface area contributed by atoms with Crippen molar-refractivity contribution in [3.05, 3.63) is 52.1 Å². The maximum Gasteiger partial charge on any atom is 0.275 e. The Morgan fingerprint density at radius 2 is 1.79 bits per heavy atom. The Kier molecular flexibility index (Phi) is 6.40. The molecule has 0 unspecified atom stereocenters. The maximum absolute atomic E-state index is 12.9. The number of nitrogens with zero attached hydrogens (tertiary/aromatic N) is 3. The molecule has 172 valence electrons. The quantitative estimate of drug-likeness (QED) is 0.552. The number of likely N-dealkylation sites (tertiary alicyclic amines) is 1. The second-order valence-corrected chi connectivity index (χ2v) is 10.2. The molecule has 3 aromatic rings. The molecule has 2 aliphatic rings. The van der Waals surface area contributed by atoms with Gasteiger partial charge in [-0.25, -0.2) is 4.98 Å². The topological polar surface area (TPSA) is 75.2 Å². The molecule has 0 bridgehead atoms. The summed E-state index contributed by atoms with van der Waals surface area (Å²) in [6, 6.07) is 9.70. The van der Waals surface area contributed by atoms with Crippen LogP contribution in [0.15, 0.2) is 35.7 Å². The highest BCUT2D eigenvalue weighted by Crippen LogP contribution is 2.33. The van der Waals surface area contributed by atoms with Gasteiger partial charge in [0.25, 0.3) is 5.91 Å². The average molecular weight is 463 g/mol. The molecule has 0 radical (unpaired) electrons. The first kappa shape index (κ1) is 22.0. The second-order valence-electron chi connectivity index (χ2n) is 9.29. The van der Waals surface area contributed by atoms with E-state index in [1.165, 1.54) is 19.3 Å². The number of rotatable bonds is 4. The van der Waals surface area contributed by atoms with E-state index in [9.17, 15) is 9.59 Å². The molecule has 33 heavy (non-hydrogen) atoms. The number of anilines is 1. The Morgan fingerprint density at radius 1 is 1.03 bits per heavy atom. The molecule has 5 rings (SSSR count). The van der Waals surface area contributed by atoms with Gasteiger partial charge in [0.1, 0.15) is 5.69 Å². The number of carbonyl (C=O) groups is 2. The molecule has 3 heterocycles. The molecule has 0 spiro atoms. The zero-order valence-corrected chi connectivity index (χ0v) is 19.9. The number of nitrogens with one attached hydrogen (secondary N) is 1. The zero-order valence-electron chi connectivity index (χ0n) is 19.0. The van der Waals surface area contributed by atoms with Crippen molar-refractivity contribution >= 4 is 39.7 Å². The van der Waals surface area contributed by atoms with Crippen LogP contribution in [0.2, 0.25) is 0 Å². The van der Waals surface area contributed by atoms with E-state index in [-0.39, 0.29) is 11.8 Å². The fourth-order valence-electron chi connectivity index (χ4n) is 5.13. The highest BCUT2D eigenvalue weighted by atomic mass is 32.1.